The van der Waals surface area contributed by atoms with Crippen molar-refractivity contribution in [3.63, 3.8) is 0 Å². The minimum Gasteiger partial charge on any atom is -0.481 e. The number of aliphatic carboxylic acids is 1. The molecule has 1 aliphatic rings. The second-order valence-electron chi connectivity index (χ2n) is 6.05. The maximum Gasteiger partial charge on any atom is 0.306 e. The number of amides is 1. The molecule has 2 aromatic rings. The first-order chi connectivity index (χ1) is 12.5. The Morgan fingerprint density at radius 2 is 1.73 bits per heavy atom. The molecule has 1 aromatic heterocycles. The molecule has 1 fully saturated rings. The van der Waals surface area contributed by atoms with Gasteiger partial charge in [0, 0.05) is 30.9 Å². The van der Waals surface area contributed by atoms with Gasteiger partial charge in [0.1, 0.15) is 5.69 Å². The van der Waals surface area contributed by atoms with Crippen molar-refractivity contribution in [1.82, 2.24) is 9.47 Å². The van der Waals surface area contributed by atoms with Crippen LogP contribution in [0.2, 0.25) is 5.02 Å². The Balaban J connectivity index is 0.00000117. The molecule has 1 amide bonds. The van der Waals surface area contributed by atoms with Crippen molar-refractivity contribution in [2.24, 2.45) is 5.92 Å². The lowest BCUT2D eigenvalue weighted by Gasteiger charge is -2.30. The van der Waals surface area contributed by atoms with Crippen LogP contribution >= 0.6 is 11.6 Å². The number of carbonyl (C=O) groups excluding carboxylic acids is 1. The average Bonchev–Trinajstić information content (AvgIpc) is 3.13. The van der Waals surface area contributed by atoms with Gasteiger partial charge in [-0.3, -0.25) is 9.59 Å². The Morgan fingerprint density at radius 1 is 1.12 bits per heavy atom. The lowest BCUT2D eigenvalue weighted by Crippen LogP contribution is -2.41. The molecule has 0 saturated carbocycles. The zero-order valence-corrected chi connectivity index (χ0v) is 15.9. The third-order valence-corrected chi connectivity index (χ3v) is 4.70. The van der Waals surface area contributed by atoms with Crippen LogP contribution in [-0.4, -0.2) is 39.5 Å². The Hall–Kier alpha value is -2.27. The lowest BCUT2D eigenvalue weighted by molar-refractivity contribution is -0.143. The summed E-state index contributed by atoms with van der Waals surface area (Å²) in [7, 11) is 0. The maximum absolute atomic E-state index is 12.7. The first-order valence-corrected chi connectivity index (χ1v) is 9.34. The fourth-order valence-electron chi connectivity index (χ4n) is 3.02. The summed E-state index contributed by atoms with van der Waals surface area (Å²) in [6.07, 6.45) is 2.91. The van der Waals surface area contributed by atoms with Gasteiger partial charge in [-0.1, -0.05) is 37.6 Å². The molecule has 1 aromatic carbocycles. The first-order valence-electron chi connectivity index (χ1n) is 8.96. The first kappa shape index (κ1) is 20.0. The number of carboxylic acids is 1. The van der Waals surface area contributed by atoms with Crippen LogP contribution in [0.5, 0.6) is 0 Å². The summed E-state index contributed by atoms with van der Waals surface area (Å²) in [6, 6.07) is 11.2. The van der Waals surface area contributed by atoms with Crippen molar-refractivity contribution in [2.75, 3.05) is 13.1 Å². The molecule has 0 unspecified atom stereocenters. The van der Waals surface area contributed by atoms with E-state index in [0.717, 1.165) is 5.56 Å². The topological polar surface area (TPSA) is 62.5 Å². The lowest BCUT2D eigenvalue weighted by atomic mass is 9.97. The number of carboxylic acid groups (broad SMARTS) is 1. The van der Waals surface area contributed by atoms with Crippen molar-refractivity contribution in [3.8, 4) is 0 Å². The SMILES string of the molecule is CC.O=C(O)C1CCN(C(=O)c2cccn2Cc2ccc(Cl)cc2)CC1. The van der Waals surface area contributed by atoms with Crippen LogP contribution in [0, 0.1) is 5.92 Å². The number of hydrogen-bond donors (Lipinski definition) is 1. The summed E-state index contributed by atoms with van der Waals surface area (Å²) >= 11 is 5.90. The van der Waals surface area contributed by atoms with E-state index in [2.05, 4.69) is 0 Å². The predicted molar refractivity (Wildman–Crippen MR) is 103 cm³/mol. The summed E-state index contributed by atoms with van der Waals surface area (Å²) in [5, 5.41) is 9.74. The largest absolute Gasteiger partial charge is 0.481 e. The van der Waals surface area contributed by atoms with Crippen LogP contribution in [0.15, 0.2) is 42.6 Å². The van der Waals surface area contributed by atoms with Crippen LogP contribution < -0.4 is 0 Å². The molecule has 1 aliphatic heterocycles. The fourth-order valence-corrected chi connectivity index (χ4v) is 3.15. The van der Waals surface area contributed by atoms with E-state index < -0.39 is 5.97 Å². The molecule has 0 atom stereocenters. The standard InChI is InChI=1S/C18H19ClN2O3.C2H6/c19-15-5-3-13(4-6-15)12-21-9-1-2-16(21)17(22)20-10-7-14(8-11-20)18(23)24;1-2/h1-6,9,14H,7-8,10-12H2,(H,23,24);1-2H3. The van der Waals surface area contributed by atoms with Gasteiger partial charge in [-0.2, -0.15) is 0 Å². The van der Waals surface area contributed by atoms with Crippen molar-refractivity contribution >= 4 is 23.5 Å². The van der Waals surface area contributed by atoms with Crippen LogP contribution in [-0.2, 0) is 11.3 Å². The molecule has 3 rings (SSSR count). The normalized spacial score (nSPS) is 14.5. The molecule has 6 heteroatoms. The fraction of sp³-hybridized carbons (Fsp3) is 0.400. The van der Waals surface area contributed by atoms with Crippen molar-refractivity contribution < 1.29 is 14.7 Å². The zero-order valence-electron chi connectivity index (χ0n) is 15.2. The number of rotatable bonds is 4. The highest BCUT2D eigenvalue weighted by Crippen LogP contribution is 2.20. The van der Waals surface area contributed by atoms with E-state index in [-0.39, 0.29) is 11.8 Å². The van der Waals surface area contributed by atoms with Gasteiger partial charge in [-0.05, 0) is 42.7 Å². The molecule has 1 N–H and O–H groups in total. The molecule has 2 heterocycles. The third-order valence-electron chi connectivity index (χ3n) is 4.45. The molecule has 0 spiro atoms. The number of benzene rings is 1. The second-order valence-corrected chi connectivity index (χ2v) is 6.49. The molecule has 5 nitrogen and oxygen atoms in total. The number of aromatic nitrogens is 1. The molecular weight excluding hydrogens is 352 g/mol. The maximum atomic E-state index is 12.7. The monoisotopic (exact) mass is 376 g/mol. The Labute approximate surface area is 159 Å². The smallest absolute Gasteiger partial charge is 0.306 e. The summed E-state index contributed by atoms with van der Waals surface area (Å²) in [5.41, 5.74) is 1.69. The highest BCUT2D eigenvalue weighted by Gasteiger charge is 2.28. The van der Waals surface area contributed by atoms with Crippen molar-refractivity contribution in [2.45, 2.75) is 33.2 Å². The Bertz CT molecular complexity index is 732. The molecule has 1 saturated heterocycles. The van der Waals surface area contributed by atoms with Crippen LogP contribution in [0.1, 0.15) is 42.7 Å². The average molecular weight is 377 g/mol. The number of nitrogens with zero attached hydrogens (tertiary/aromatic N) is 2. The minimum atomic E-state index is -0.770. The molecule has 0 radical (unpaired) electrons. The van der Waals surface area contributed by atoms with Crippen LogP contribution in [0.3, 0.4) is 0 Å². The highest BCUT2D eigenvalue weighted by atomic mass is 35.5. The van der Waals surface area contributed by atoms with Gasteiger partial charge in [0.2, 0.25) is 0 Å². The number of hydrogen-bond acceptors (Lipinski definition) is 2. The number of likely N-dealkylation sites (tertiary alicyclic amines) is 1. The molecule has 0 aliphatic carbocycles. The third kappa shape index (κ3) is 4.88. The molecule has 140 valence electrons. The predicted octanol–water partition coefficient (Wildman–Crippen LogP) is 4.15. The number of piperidine rings is 1. The van der Waals surface area contributed by atoms with Gasteiger partial charge in [0.15, 0.2) is 0 Å². The van der Waals surface area contributed by atoms with Crippen molar-refractivity contribution in [1.29, 1.82) is 0 Å². The quantitative estimate of drug-likeness (QED) is 0.871. The van der Waals surface area contributed by atoms with E-state index in [4.69, 9.17) is 16.7 Å². The number of halogens is 1. The summed E-state index contributed by atoms with van der Waals surface area (Å²) < 4.78 is 1.91. The van der Waals surface area contributed by atoms with E-state index >= 15 is 0 Å². The van der Waals surface area contributed by atoms with Gasteiger partial charge in [0.25, 0.3) is 5.91 Å². The minimum absolute atomic E-state index is 0.0437. The Morgan fingerprint density at radius 3 is 2.31 bits per heavy atom. The van der Waals surface area contributed by atoms with E-state index in [1.54, 1.807) is 4.90 Å². The zero-order chi connectivity index (χ0) is 19.1. The summed E-state index contributed by atoms with van der Waals surface area (Å²) in [5.74, 6) is -1.15. The van der Waals surface area contributed by atoms with Gasteiger partial charge < -0.3 is 14.6 Å². The Kier molecular flexibility index (Phi) is 7.27. The molecule has 26 heavy (non-hydrogen) atoms. The number of carbonyl (C=O) groups is 2. The highest BCUT2D eigenvalue weighted by molar-refractivity contribution is 6.30. The van der Waals surface area contributed by atoms with Gasteiger partial charge in [-0.15, -0.1) is 0 Å². The van der Waals surface area contributed by atoms with Gasteiger partial charge in [0.05, 0.1) is 5.92 Å². The van der Waals surface area contributed by atoms with Gasteiger partial charge >= 0.3 is 5.97 Å². The van der Waals surface area contributed by atoms with Crippen LogP contribution in [0.25, 0.3) is 0 Å². The van der Waals surface area contributed by atoms with E-state index in [1.165, 1.54) is 0 Å². The summed E-state index contributed by atoms with van der Waals surface area (Å²) in [4.78, 5) is 25.5. The van der Waals surface area contributed by atoms with Crippen LogP contribution in [0.4, 0.5) is 0 Å². The van der Waals surface area contributed by atoms with E-state index in [0.29, 0.717) is 43.2 Å². The van der Waals surface area contributed by atoms with E-state index in [9.17, 15) is 9.59 Å². The van der Waals surface area contributed by atoms with E-state index in [1.807, 2.05) is 61.0 Å². The molecular formula is C20H25ClN2O3. The second kappa shape index (κ2) is 9.43. The summed E-state index contributed by atoms with van der Waals surface area (Å²) in [6.45, 7) is 5.57. The van der Waals surface area contributed by atoms with Crippen molar-refractivity contribution in [3.05, 3.63) is 58.9 Å². The van der Waals surface area contributed by atoms with Gasteiger partial charge in [-0.25, -0.2) is 0 Å². The molecule has 0 bridgehead atoms.